The molecular weight excluding hydrogens is 352 g/mol. The molecule has 0 atom stereocenters. The van der Waals surface area contributed by atoms with E-state index in [2.05, 4.69) is 21.6 Å². The number of benzene rings is 1. The van der Waals surface area contributed by atoms with Gasteiger partial charge in [-0.1, -0.05) is 29.0 Å². The molecule has 0 radical (unpaired) electrons. The van der Waals surface area contributed by atoms with Crippen LogP contribution in [0.1, 0.15) is 25.0 Å². The molecule has 26 heavy (non-hydrogen) atoms. The van der Waals surface area contributed by atoms with Crippen molar-refractivity contribution in [2.45, 2.75) is 32.9 Å². The summed E-state index contributed by atoms with van der Waals surface area (Å²) in [6.45, 7) is 8.77. The molecule has 0 fully saturated rings. The number of nitrogens with zero attached hydrogens (tertiary/aromatic N) is 3. The number of aromatic nitrogens is 2. The molecule has 0 spiro atoms. The first-order chi connectivity index (χ1) is 12.4. The Labute approximate surface area is 157 Å². The first-order valence-electron chi connectivity index (χ1n) is 8.52. The van der Waals surface area contributed by atoms with Crippen LogP contribution in [0.2, 0.25) is 0 Å². The summed E-state index contributed by atoms with van der Waals surface area (Å²) in [7, 11) is 0. The van der Waals surface area contributed by atoms with Gasteiger partial charge in [-0.05, 0) is 39.8 Å². The number of likely N-dealkylation sites (N-methyl/N-ethyl adjacent to an activating group) is 2. The fourth-order valence-corrected chi connectivity index (χ4v) is 3.17. The Morgan fingerprint density at radius 2 is 1.85 bits per heavy atom. The second kappa shape index (κ2) is 9.38. The molecule has 0 saturated carbocycles. The third-order valence-electron chi connectivity index (χ3n) is 3.64. The quantitative estimate of drug-likeness (QED) is 0.712. The van der Waals surface area contributed by atoms with Gasteiger partial charge in [-0.15, -0.1) is 10.2 Å². The van der Waals surface area contributed by atoms with Gasteiger partial charge in [-0.2, -0.15) is 0 Å². The van der Waals surface area contributed by atoms with E-state index in [1.165, 1.54) is 16.7 Å². The molecule has 0 aliphatic heterocycles. The molecule has 2 rings (SSSR count). The van der Waals surface area contributed by atoms with Gasteiger partial charge in [0.2, 0.25) is 17.7 Å². The lowest BCUT2D eigenvalue weighted by Gasteiger charge is -2.19. The maximum atomic E-state index is 12.3. The molecule has 0 saturated heterocycles. The largest absolute Gasteiger partial charge is 0.411 e. The molecule has 2 amide bonds. The van der Waals surface area contributed by atoms with Gasteiger partial charge in [0.1, 0.15) is 0 Å². The Balaban J connectivity index is 1.96. The van der Waals surface area contributed by atoms with Crippen LogP contribution in [0.4, 0.5) is 0 Å². The van der Waals surface area contributed by atoms with Gasteiger partial charge < -0.3 is 14.6 Å². The number of carbonyl (C=O) groups is 2. The minimum Gasteiger partial charge on any atom is -0.411 e. The van der Waals surface area contributed by atoms with Gasteiger partial charge in [0.05, 0.1) is 12.3 Å². The van der Waals surface area contributed by atoms with Gasteiger partial charge in [0, 0.05) is 18.7 Å². The lowest BCUT2D eigenvalue weighted by Crippen LogP contribution is -2.41. The van der Waals surface area contributed by atoms with Crippen molar-refractivity contribution in [3.8, 4) is 11.5 Å². The van der Waals surface area contributed by atoms with E-state index in [1.54, 1.807) is 0 Å². The minimum atomic E-state index is -0.164. The third kappa shape index (κ3) is 5.59. The lowest BCUT2D eigenvalue weighted by atomic mass is 10.1. The summed E-state index contributed by atoms with van der Waals surface area (Å²) in [5, 5.41) is 11.1. The number of hydrogen-bond acceptors (Lipinski definition) is 6. The van der Waals surface area contributed by atoms with Crippen molar-refractivity contribution in [1.82, 2.24) is 20.4 Å². The maximum absolute atomic E-state index is 12.3. The highest BCUT2D eigenvalue weighted by Crippen LogP contribution is 2.25. The predicted octanol–water partition coefficient (Wildman–Crippen LogP) is 2.43. The van der Waals surface area contributed by atoms with E-state index in [1.807, 2.05) is 39.8 Å². The van der Waals surface area contributed by atoms with Gasteiger partial charge in [0.25, 0.3) is 5.22 Å². The Morgan fingerprint density at radius 1 is 1.15 bits per heavy atom. The number of hydrogen-bond donors (Lipinski definition) is 1. The minimum absolute atomic E-state index is 0.0569. The molecule has 1 aromatic heterocycles. The zero-order valence-electron chi connectivity index (χ0n) is 15.5. The highest BCUT2D eigenvalue weighted by molar-refractivity contribution is 7.99. The zero-order valence-corrected chi connectivity index (χ0v) is 16.4. The molecule has 0 aliphatic carbocycles. The summed E-state index contributed by atoms with van der Waals surface area (Å²) < 4.78 is 5.65. The zero-order chi connectivity index (χ0) is 19.1. The van der Waals surface area contributed by atoms with E-state index in [0.717, 1.165) is 16.7 Å². The fraction of sp³-hybridized carbons (Fsp3) is 0.444. The highest BCUT2D eigenvalue weighted by atomic mass is 32.2. The molecule has 2 aromatic rings. The molecule has 7 nitrogen and oxygen atoms in total. The number of rotatable bonds is 8. The molecule has 8 heteroatoms. The van der Waals surface area contributed by atoms with Crippen LogP contribution >= 0.6 is 11.8 Å². The first kappa shape index (κ1) is 20.0. The van der Waals surface area contributed by atoms with Crippen molar-refractivity contribution >= 4 is 23.6 Å². The number of aryl methyl sites for hydroxylation is 2. The van der Waals surface area contributed by atoms with Crippen LogP contribution in [0.3, 0.4) is 0 Å². The second-order valence-electron chi connectivity index (χ2n) is 5.90. The smallest absolute Gasteiger partial charge is 0.277 e. The summed E-state index contributed by atoms with van der Waals surface area (Å²) in [6.07, 6.45) is 0. The number of thioether (sulfide) groups is 1. The van der Waals surface area contributed by atoms with Gasteiger partial charge in [-0.3, -0.25) is 9.59 Å². The van der Waals surface area contributed by atoms with Crippen molar-refractivity contribution in [2.24, 2.45) is 0 Å². The number of amides is 2. The predicted molar refractivity (Wildman–Crippen MR) is 101 cm³/mol. The van der Waals surface area contributed by atoms with Crippen molar-refractivity contribution in [3.63, 3.8) is 0 Å². The van der Waals surface area contributed by atoms with E-state index in [0.29, 0.717) is 24.2 Å². The van der Waals surface area contributed by atoms with Crippen molar-refractivity contribution in [2.75, 3.05) is 25.4 Å². The molecule has 0 bridgehead atoms. The standard InChI is InChI=1S/C18H24N4O3S/c1-5-19-15(23)10-22(6-2)16(24)11-26-18-21-20-17(25-18)14-8-12(3)7-13(4)9-14/h7-9H,5-6,10-11H2,1-4H3,(H,19,23). The van der Waals surface area contributed by atoms with Crippen LogP contribution in [-0.4, -0.2) is 52.3 Å². The van der Waals surface area contributed by atoms with Crippen LogP contribution < -0.4 is 5.32 Å². The molecule has 0 unspecified atom stereocenters. The van der Waals surface area contributed by atoms with E-state index >= 15 is 0 Å². The average molecular weight is 376 g/mol. The Morgan fingerprint density at radius 3 is 2.46 bits per heavy atom. The summed E-state index contributed by atoms with van der Waals surface area (Å²) in [4.78, 5) is 25.4. The molecule has 140 valence electrons. The topological polar surface area (TPSA) is 88.3 Å². The molecule has 1 aromatic carbocycles. The first-order valence-corrected chi connectivity index (χ1v) is 9.51. The van der Waals surface area contributed by atoms with Crippen LogP contribution in [0.15, 0.2) is 27.8 Å². The van der Waals surface area contributed by atoms with Crippen molar-refractivity contribution < 1.29 is 14.0 Å². The number of carbonyl (C=O) groups excluding carboxylic acids is 2. The van der Waals surface area contributed by atoms with Crippen LogP contribution in [0.25, 0.3) is 11.5 Å². The Bertz CT molecular complexity index is 755. The normalized spacial score (nSPS) is 10.6. The Kier molecular flexibility index (Phi) is 7.20. The molecule has 1 N–H and O–H groups in total. The third-order valence-corrected chi connectivity index (χ3v) is 4.44. The van der Waals surface area contributed by atoms with E-state index in [-0.39, 0.29) is 24.1 Å². The van der Waals surface area contributed by atoms with Crippen LogP contribution in [-0.2, 0) is 9.59 Å². The van der Waals surface area contributed by atoms with Gasteiger partial charge in [0.15, 0.2) is 0 Å². The maximum Gasteiger partial charge on any atom is 0.277 e. The van der Waals surface area contributed by atoms with Gasteiger partial charge in [-0.25, -0.2) is 0 Å². The fourth-order valence-electron chi connectivity index (χ4n) is 2.50. The van der Waals surface area contributed by atoms with Crippen molar-refractivity contribution in [1.29, 1.82) is 0 Å². The van der Waals surface area contributed by atoms with E-state index in [4.69, 9.17) is 4.42 Å². The van der Waals surface area contributed by atoms with Gasteiger partial charge >= 0.3 is 0 Å². The Hall–Kier alpha value is -2.35. The monoisotopic (exact) mass is 376 g/mol. The van der Waals surface area contributed by atoms with Crippen molar-refractivity contribution in [3.05, 3.63) is 29.3 Å². The second-order valence-corrected chi connectivity index (χ2v) is 6.83. The van der Waals surface area contributed by atoms with E-state index < -0.39 is 0 Å². The molecule has 0 aliphatic rings. The van der Waals surface area contributed by atoms with Crippen LogP contribution in [0, 0.1) is 13.8 Å². The van der Waals surface area contributed by atoms with Crippen LogP contribution in [0.5, 0.6) is 0 Å². The summed E-state index contributed by atoms with van der Waals surface area (Å²) >= 11 is 1.17. The number of nitrogens with one attached hydrogen (secondary N) is 1. The molecule has 1 heterocycles. The molecular formula is C18H24N4O3S. The summed E-state index contributed by atoms with van der Waals surface area (Å²) in [6, 6.07) is 6.03. The highest BCUT2D eigenvalue weighted by Gasteiger charge is 2.17. The average Bonchev–Trinajstić information content (AvgIpc) is 3.06. The summed E-state index contributed by atoms with van der Waals surface area (Å²) in [5.41, 5.74) is 3.10. The van der Waals surface area contributed by atoms with E-state index in [9.17, 15) is 9.59 Å². The lowest BCUT2D eigenvalue weighted by molar-refractivity contribution is -0.133. The SMILES string of the molecule is CCNC(=O)CN(CC)C(=O)CSc1nnc(-c2cc(C)cc(C)c2)o1. The summed E-state index contributed by atoms with van der Waals surface area (Å²) in [5.74, 6) is 0.265.